The maximum absolute atomic E-state index is 13.1. The fraction of sp³-hybridized carbons (Fsp3) is 0.462. The van der Waals surface area contributed by atoms with E-state index in [0.29, 0.717) is 12.8 Å². The lowest BCUT2D eigenvalue weighted by atomic mass is 9.88. The summed E-state index contributed by atoms with van der Waals surface area (Å²) < 4.78 is 44.0. The molecule has 1 aromatic rings. The minimum atomic E-state index is -4.52. The quantitative estimate of drug-likeness (QED) is 0.917. The molecule has 0 unspecified atom stereocenters. The molecule has 0 amide bonds. The summed E-state index contributed by atoms with van der Waals surface area (Å²) in [6.07, 6.45) is -3.86. The molecule has 1 saturated carbocycles. The Labute approximate surface area is 108 Å². The van der Waals surface area contributed by atoms with Crippen molar-refractivity contribution in [3.63, 3.8) is 0 Å². The molecule has 6 heteroatoms. The van der Waals surface area contributed by atoms with Gasteiger partial charge in [0.15, 0.2) is 0 Å². The number of halogens is 3. The van der Waals surface area contributed by atoms with Crippen molar-refractivity contribution in [3.8, 4) is 5.75 Å². The summed E-state index contributed by atoms with van der Waals surface area (Å²) in [7, 11) is 1.29. The number of rotatable bonds is 4. The Balaban J connectivity index is 2.48. The van der Waals surface area contributed by atoms with Gasteiger partial charge in [0.2, 0.25) is 0 Å². The Bertz CT molecular complexity index is 504. The van der Waals surface area contributed by atoms with Crippen molar-refractivity contribution < 1.29 is 27.8 Å². The van der Waals surface area contributed by atoms with Gasteiger partial charge in [-0.25, -0.2) is 0 Å². The van der Waals surface area contributed by atoms with E-state index in [1.165, 1.54) is 19.2 Å². The lowest BCUT2D eigenvalue weighted by Crippen LogP contribution is -2.19. The van der Waals surface area contributed by atoms with Gasteiger partial charge >= 0.3 is 12.1 Å². The fourth-order valence-corrected chi connectivity index (χ4v) is 2.33. The molecule has 3 nitrogen and oxygen atoms in total. The van der Waals surface area contributed by atoms with Gasteiger partial charge in [-0.1, -0.05) is 6.07 Å². The van der Waals surface area contributed by atoms with Crippen molar-refractivity contribution in [3.05, 3.63) is 29.3 Å². The highest BCUT2D eigenvalue weighted by Crippen LogP contribution is 2.54. The van der Waals surface area contributed by atoms with Crippen molar-refractivity contribution in [2.75, 3.05) is 7.11 Å². The van der Waals surface area contributed by atoms with E-state index >= 15 is 0 Å². The number of alkyl halides is 3. The zero-order valence-electron chi connectivity index (χ0n) is 10.3. The number of benzene rings is 1. The zero-order valence-corrected chi connectivity index (χ0v) is 10.3. The first kappa shape index (κ1) is 13.7. The first-order valence-corrected chi connectivity index (χ1v) is 5.76. The number of carbonyl (C=O) groups is 1. The van der Waals surface area contributed by atoms with Gasteiger partial charge in [0, 0.05) is 5.41 Å². The van der Waals surface area contributed by atoms with Gasteiger partial charge in [0.25, 0.3) is 0 Å². The summed E-state index contributed by atoms with van der Waals surface area (Å²) in [5.41, 5.74) is -1.61. The van der Waals surface area contributed by atoms with Gasteiger partial charge in [-0.2, -0.15) is 13.2 Å². The van der Waals surface area contributed by atoms with E-state index in [1.807, 2.05) is 0 Å². The topological polar surface area (TPSA) is 46.5 Å². The van der Waals surface area contributed by atoms with E-state index in [-0.39, 0.29) is 17.7 Å². The summed E-state index contributed by atoms with van der Waals surface area (Å²) in [4.78, 5) is 10.8. The highest BCUT2D eigenvalue weighted by Gasteiger charge is 2.50. The summed E-state index contributed by atoms with van der Waals surface area (Å²) in [6, 6.07) is 3.70. The maximum atomic E-state index is 13.1. The molecule has 0 atom stereocenters. The van der Waals surface area contributed by atoms with Crippen LogP contribution in [0.2, 0.25) is 0 Å². The van der Waals surface area contributed by atoms with Gasteiger partial charge in [-0.3, -0.25) is 4.79 Å². The minimum Gasteiger partial charge on any atom is -0.497 e. The summed E-state index contributed by atoms with van der Waals surface area (Å²) in [5, 5.41) is 8.84. The number of aliphatic carboxylic acids is 1. The maximum Gasteiger partial charge on any atom is 0.416 e. The average Bonchev–Trinajstić information content (AvgIpc) is 3.07. The van der Waals surface area contributed by atoms with Crippen LogP contribution in [0.4, 0.5) is 13.2 Å². The molecule has 1 aromatic carbocycles. The highest BCUT2D eigenvalue weighted by molar-refractivity contribution is 5.70. The molecule has 104 valence electrons. The smallest absolute Gasteiger partial charge is 0.416 e. The molecule has 2 rings (SSSR count). The van der Waals surface area contributed by atoms with Crippen LogP contribution in [0.15, 0.2) is 18.2 Å². The average molecular weight is 274 g/mol. The van der Waals surface area contributed by atoms with Crippen LogP contribution < -0.4 is 4.74 Å². The Kier molecular flexibility index (Phi) is 3.20. The zero-order chi connectivity index (χ0) is 14.3. The Morgan fingerprint density at radius 1 is 1.42 bits per heavy atom. The third-order valence-corrected chi connectivity index (χ3v) is 3.45. The van der Waals surface area contributed by atoms with E-state index < -0.39 is 23.1 Å². The molecule has 1 aliphatic rings. The second kappa shape index (κ2) is 4.43. The number of carboxylic acid groups (broad SMARTS) is 1. The first-order valence-electron chi connectivity index (χ1n) is 5.76. The number of ether oxygens (including phenoxy) is 1. The summed E-state index contributed by atoms with van der Waals surface area (Å²) in [6.45, 7) is 0. The van der Waals surface area contributed by atoms with Gasteiger partial charge in [-0.05, 0) is 30.5 Å². The Hall–Kier alpha value is -1.72. The van der Waals surface area contributed by atoms with Gasteiger partial charge in [0.05, 0.1) is 19.1 Å². The molecule has 1 fully saturated rings. The predicted octanol–water partition coefficient (Wildman–Crippen LogP) is 3.22. The number of carboxylic acids is 1. The molecular formula is C13H13F3O3. The van der Waals surface area contributed by atoms with Crippen LogP contribution in [-0.4, -0.2) is 18.2 Å². The van der Waals surface area contributed by atoms with E-state index in [0.717, 1.165) is 6.07 Å². The second-order valence-electron chi connectivity index (χ2n) is 4.76. The largest absolute Gasteiger partial charge is 0.497 e. The normalized spacial score (nSPS) is 17.1. The van der Waals surface area contributed by atoms with Crippen molar-refractivity contribution in [2.24, 2.45) is 0 Å². The number of hydrogen-bond acceptors (Lipinski definition) is 2. The second-order valence-corrected chi connectivity index (χ2v) is 4.76. The van der Waals surface area contributed by atoms with E-state index in [9.17, 15) is 18.0 Å². The highest BCUT2D eigenvalue weighted by atomic mass is 19.4. The fourth-order valence-electron chi connectivity index (χ4n) is 2.33. The molecule has 0 radical (unpaired) electrons. The number of hydrogen-bond donors (Lipinski definition) is 1. The van der Waals surface area contributed by atoms with Crippen LogP contribution in [0.1, 0.15) is 30.4 Å². The van der Waals surface area contributed by atoms with Crippen molar-refractivity contribution in [2.45, 2.75) is 30.9 Å². The Morgan fingerprint density at radius 3 is 2.47 bits per heavy atom. The van der Waals surface area contributed by atoms with Gasteiger partial charge in [-0.15, -0.1) is 0 Å². The molecule has 0 aromatic heterocycles. The monoisotopic (exact) mass is 274 g/mol. The van der Waals surface area contributed by atoms with E-state index in [4.69, 9.17) is 9.84 Å². The first-order chi connectivity index (χ1) is 8.78. The van der Waals surface area contributed by atoms with Crippen LogP contribution in [0, 0.1) is 0 Å². The van der Waals surface area contributed by atoms with Crippen LogP contribution in [0.25, 0.3) is 0 Å². The molecule has 1 N–H and O–H groups in total. The molecule has 0 spiro atoms. The third-order valence-electron chi connectivity index (χ3n) is 3.45. The molecule has 19 heavy (non-hydrogen) atoms. The molecular weight excluding hydrogens is 261 g/mol. The van der Waals surface area contributed by atoms with E-state index in [1.54, 1.807) is 0 Å². The molecule has 0 bridgehead atoms. The molecule has 0 heterocycles. The lowest BCUT2D eigenvalue weighted by molar-refractivity contribution is -0.141. The van der Waals surface area contributed by atoms with Crippen molar-refractivity contribution in [1.82, 2.24) is 0 Å². The summed E-state index contributed by atoms with van der Waals surface area (Å²) >= 11 is 0. The predicted molar refractivity (Wildman–Crippen MR) is 61.2 cm³/mol. The van der Waals surface area contributed by atoms with Crippen LogP contribution in [-0.2, 0) is 16.4 Å². The van der Waals surface area contributed by atoms with Gasteiger partial charge in [0.1, 0.15) is 5.75 Å². The summed E-state index contributed by atoms with van der Waals surface area (Å²) in [5.74, 6) is -0.969. The van der Waals surface area contributed by atoms with Crippen LogP contribution in [0.3, 0.4) is 0 Å². The van der Waals surface area contributed by atoms with Crippen molar-refractivity contribution >= 4 is 5.97 Å². The molecule has 1 aliphatic carbocycles. The SMILES string of the molecule is COc1ccc(C2(CC(=O)O)CC2)c(C(F)(F)F)c1. The standard InChI is InChI=1S/C13H13F3O3/c1-19-8-2-3-9(10(6-8)13(14,15)16)12(4-5-12)7-11(17)18/h2-3,6H,4-5,7H2,1H3,(H,17,18). The van der Waals surface area contributed by atoms with E-state index in [2.05, 4.69) is 0 Å². The lowest BCUT2D eigenvalue weighted by Gasteiger charge is -2.20. The van der Waals surface area contributed by atoms with Crippen LogP contribution >= 0.6 is 0 Å². The van der Waals surface area contributed by atoms with Crippen LogP contribution in [0.5, 0.6) is 5.75 Å². The molecule has 0 saturated heterocycles. The van der Waals surface area contributed by atoms with Crippen molar-refractivity contribution in [1.29, 1.82) is 0 Å². The molecule has 0 aliphatic heterocycles. The number of methoxy groups -OCH3 is 1. The Morgan fingerprint density at radius 2 is 2.05 bits per heavy atom. The third kappa shape index (κ3) is 2.67. The minimum absolute atomic E-state index is 0.0585. The van der Waals surface area contributed by atoms with Gasteiger partial charge < -0.3 is 9.84 Å².